The van der Waals surface area contributed by atoms with Crippen LogP contribution in [-0.2, 0) is 9.59 Å². The van der Waals surface area contributed by atoms with E-state index in [2.05, 4.69) is 16.0 Å². The van der Waals surface area contributed by atoms with E-state index in [1.807, 2.05) is 13.8 Å². The van der Waals surface area contributed by atoms with E-state index < -0.39 is 23.7 Å². The number of carbonyl (C=O) groups excluding carboxylic acids is 2. The fourth-order valence-electron chi connectivity index (χ4n) is 1.87. The highest BCUT2D eigenvalue weighted by molar-refractivity contribution is 7.80. The standard InChI is InChI=1S/C15H20ClFN4O2S/c1-8(2)5-12(14(18)23)21-13(22)7-19-15(24)20-9-3-4-11(17)10(16)6-9/h3-4,6,8,12H,5,7H2,1-2H3,(H2,18,23)(H,21,22)(H2,19,20,24). The van der Waals surface area contributed by atoms with Crippen LogP contribution in [0.2, 0.25) is 5.02 Å². The molecule has 0 bridgehead atoms. The van der Waals surface area contributed by atoms with Crippen LogP contribution in [0.25, 0.3) is 0 Å². The molecule has 0 saturated carbocycles. The molecule has 0 aliphatic heterocycles. The van der Waals surface area contributed by atoms with Gasteiger partial charge in [0.15, 0.2) is 5.11 Å². The van der Waals surface area contributed by atoms with Gasteiger partial charge < -0.3 is 21.7 Å². The summed E-state index contributed by atoms with van der Waals surface area (Å²) in [7, 11) is 0. The number of nitrogens with two attached hydrogens (primary N) is 1. The summed E-state index contributed by atoms with van der Waals surface area (Å²) < 4.78 is 13.1. The first-order valence-electron chi connectivity index (χ1n) is 7.27. The summed E-state index contributed by atoms with van der Waals surface area (Å²) in [5, 5.41) is 8.12. The third kappa shape index (κ3) is 7.10. The Labute approximate surface area is 150 Å². The molecular formula is C15H20ClFN4O2S. The minimum Gasteiger partial charge on any atom is -0.368 e. The number of thiocarbonyl (C=S) groups is 1. The van der Waals surface area contributed by atoms with Gasteiger partial charge in [-0.1, -0.05) is 25.4 Å². The Balaban J connectivity index is 2.46. The number of primary amides is 1. The minimum atomic E-state index is -0.725. The van der Waals surface area contributed by atoms with Crippen LogP contribution in [0.4, 0.5) is 10.1 Å². The van der Waals surface area contributed by atoms with E-state index in [4.69, 9.17) is 29.6 Å². The van der Waals surface area contributed by atoms with Gasteiger partial charge in [-0.05, 0) is 42.8 Å². The SMILES string of the molecule is CC(C)CC(NC(=O)CNC(=S)Nc1ccc(F)c(Cl)c1)C(N)=O. The van der Waals surface area contributed by atoms with Crippen molar-refractivity contribution < 1.29 is 14.0 Å². The zero-order valence-electron chi connectivity index (χ0n) is 13.4. The number of halogens is 2. The maximum Gasteiger partial charge on any atom is 0.240 e. The van der Waals surface area contributed by atoms with Gasteiger partial charge in [-0.25, -0.2) is 4.39 Å². The summed E-state index contributed by atoms with van der Waals surface area (Å²) in [5.74, 6) is -1.33. The van der Waals surface area contributed by atoms with Gasteiger partial charge in [-0.3, -0.25) is 9.59 Å². The summed E-state index contributed by atoms with van der Waals surface area (Å²) in [6.07, 6.45) is 0.456. The van der Waals surface area contributed by atoms with Crippen LogP contribution >= 0.6 is 23.8 Å². The monoisotopic (exact) mass is 374 g/mol. The maximum atomic E-state index is 13.1. The molecule has 1 aromatic carbocycles. The average Bonchev–Trinajstić information content (AvgIpc) is 2.48. The lowest BCUT2D eigenvalue weighted by Crippen LogP contribution is -2.48. The highest BCUT2D eigenvalue weighted by Crippen LogP contribution is 2.19. The van der Waals surface area contributed by atoms with E-state index in [0.717, 1.165) is 0 Å². The third-order valence-corrected chi connectivity index (χ3v) is 3.51. The Hall–Kier alpha value is -1.93. The molecule has 0 spiro atoms. The number of anilines is 1. The molecule has 0 aliphatic rings. The van der Waals surface area contributed by atoms with Crippen LogP contribution in [-0.4, -0.2) is 29.5 Å². The zero-order chi connectivity index (χ0) is 18.3. The lowest BCUT2D eigenvalue weighted by molar-refractivity contribution is -0.127. The van der Waals surface area contributed by atoms with Crippen LogP contribution in [0.1, 0.15) is 20.3 Å². The summed E-state index contributed by atoms with van der Waals surface area (Å²) in [6, 6.07) is 3.30. The number of amides is 2. The molecule has 1 rings (SSSR count). The second-order valence-corrected chi connectivity index (χ2v) is 6.40. The number of nitrogens with one attached hydrogen (secondary N) is 3. The van der Waals surface area contributed by atoms with Gasteiger partial charge in [0.05, 0.1) is 11.6 Å². The largest absolute Gasteiger partial charge is 0.368 e. The van der Waals surface area contributed by atoms with Crippen molar-refractivity contribution in [3.63, 3.8) is 0 Å². The Morgan fingerprint density at radius 2 is 2.04 bits per heavy atom. The predicted molar refractivity (Wildman–Crippen MR) is 96.2 cm³/mol. The molecule has 132 valence electrons. The molecule has 0 radical (unpaired) electrons. The number of hydrogen-bond acceptors (Lipinski definition) is 3. The third-order valence-electron chi connectivity index (χ3n) is 2.97. The lowest BCUT2D eigenvalue weighted by atomic mass is 10.0. The lowest BCUT2D eigenvalue weighted by Gasteiger charge is -2.18. The van der Waals surface area contributed by atoms with E-state index in [-0.39, 0.29) is 22.6 Å². The molecule has 0 heterocycles. The summed E-state index contributed by atoms with van der Waals surface area (Å²) in [6.45, 7) is 3.71. The first-order valence-corrected chi connectivity index (χ1v) is 8.06. The summed E-state index contributed by atoms with van der Waals surface area (Å²) in [4.78, 5) is 23.2. The molecule has 0 aromatic heterocycles. The van der Waals surface area contributed by atoms with Crippen molar-refractivity contribution in [2.75, 3.05) is 11.9 Å². The van der Waals surface area contributed by atoms with Crippen molar-refractivity contribution in [2.24, 2.45) is 11.7 Å². The van der Waals surface area contributed by atoms with Crippen LogP contribution in [0, 0.1) is 11.7 Å². The molecule has 5 N–H and O–H groups in total. The molecule has 1 unspecified atom stereocenters. The fourth-order valence-corrected chi connectivity index (χ4v) is 2.24. The van der Waals surface area contributed by atoms with E-state index in [0.29, 0.717) is 12.1 Å². The Morgan fingerprint density at radius 3 is 2.58 bits per heavy atom. The van der Waals surface area contributed by atoms with E-state index in [1.165, 1.54) is 18.2 Å². The van der Waals surface area contributed by atoms with Crippen molar-refractivity contribution in [1.82, 2.24) is 10.6 Å². The van der Waals surface area contributed by atoms with Gasteiger partial charge >= 0.3 is 0 Å². The molecule has 0 fully saturated rings. The first kappa shape index (κ1) is 20.1. The van der Waals surface area contributed by atoms with Crippen molar-refractivity contribution in [3.8, 4) is 0 Å². The van der Waals surface area contributed by atoms with Crippen molar-refractivity contribution in [2.45, 2.75) is 26.3 Å². The van der Waals surface area contributed by atoms with E-state index in [1.54, 1.807) is 0 Å². The minimum absolute atomic E-state index is 0.0430. The van der Waals surface area contributed by atoms with Crippen LogP contribution in [0.3, 0.4) is 0 Å². The number of hydrogen-bond donors (Lipinski definition) is 4. The number of benzene rings is 1. The zero-order valence-corrected chi connectivity index (χ0v) is 14.9. The Morgan fingerprint density at radius 1 is 1.38 bits per heavy atom. The highest BCUT2D eigenvalue weighted by Gasteiger charge is 2.19. The molecule has 1 atom stereocenters. The van der Waals surface area contributed by atoms with E-state index in [9.17, 15) is 14.0 Å². The van der Waals surface area contributed by atoms with Crippen LogP contribution < -0.4 is 21.7 Å². The normalized spacial score (nSPS) is 11.7. The molecule has 6 nitrogen and oxygen atoms in total. The fraction of sp³-hybridized carbons (Fsp3) is 0.400. The van der Waals surface area contributed by atoms with Crippen molar-refractivity contribution >= 4 is 46.4 Å². The molecule has 0 aliphatic carbocycles. The number of rotatable bonds is 7. The second-order valence-electron chi connectivity index (χ2n) is 5.59. The van der Waals surface area contributed by atoms with Crippen molar-refractivity contribution in [3.05, 3.63) is 29.0 Å². The van der Waals surface area contributed by atoms with Crippen LogP contribution in [0.5, 0.6) is 0 Å². The number of carbonyl (C=O) groups is 2. The van der Waals surface area contributed by atoms with Crippen molar-refractivity contribution in [1.29, 1.82) is 0 Å². The van der Waals surface area contributed by atoms with Crippen LogP contribution in [0.15, 0.2) is 18.2 Å². The van der Waals surface area contributed by atoms with Gasteiger partial charge in [0, 0.05) is 5.69 Å². The van der Waals surface area contributed by atoms with Gasteiger partial charge in [0.2, 0.25) is 11.8 Å². The summed E-state index contributed by atoms with van der Waals surface area (Å²) >= 11 is 10.7. The first-order chi connectivity index (χ1) is 11.2. The molecule has 0 saturated heterocycles. The Kier molecular flexibility index (Phi) is 7.87. The maximum absolute atomic E-state index is 13.1. The molecule has 24 heavy (non-hydrogen) atoms. The van der Waals surface area contributed by atoms with E-state index >= 15 is 0 Å². The van der Waals surface area contributed by atoms with Gasteiger partial charge in [-0.2, -0.15) is 0 Å². The smallest absolute Gasteiger partial charge is 0.240 e. The van der Waals surface area contributed by atoms with Gasteiger partial charge in [0.1, 0.15) is 11.9 Å². The molecule has 9 heteroatoms. The topological polar surface area (TPSA) is 96.2 Å². The quantitative estimate of drug-likeness (QED) is 0.545. The Bertz CT molecular complexity index is 627. The highest BCUT2D eigenvalue weighted by atomic mass is 35.5. The molecule has 1 aromatic rings. The van der Waals surface area contributed by atoms with Gasteiger partial charge in [-0.15, -0.1) is 0 Å². The molecular weight excluding hydrogens is 355 g/mol. The molecule has 2 amide bonds. The predicted octanol–water partition coefficient (Wildman–Crippen LogP) is 1.78. The second kappa shape index (κ2) is 9.39. The average molecular weight is 375 g/mol. The summed E-state index contributed by atoms with van der Waals surface area (Å²) in [5.41, 5.74) is 5.74. The van der Waals surface area contributed by atoms with Gasteiger partial charge in [0.25, 0.3) is 0 Å².